The third kappa shape index (κ3) is 4.49. The van der Waals surface area contributed by atoms with Gasteiger partial charge in [-0.3, -0.25) is 4.79 Å². The van der Waals surface area contributed by atoms with Gasteiger partial charge < -0.3 is 4.90 Å². The maximum absolute atomic E-state index is 13.0. The third-order valence-corrected chi connectivity index (χ3v) is 3.01. The Labute approximate surface area is 116 Å². The summed E-state index contributed by atoms with van der Waals surface area (Å²) in [5.74, 6) is -1.36. The molecule has 0 radical (unpaired) electrons. The van der Waals surface area contributed by atoms with Gasteiger partial charge in [0.05, 0.1) is 4.47 Å². The van der Waals surface area contributed by atoms with Crippen LogP contribution >= 0.6 is 15.9 Å². The summed E-state index contributed by atoms with van der Waals surface area (Å²) < 4.78 is 50.3. The lowest BCUT2D eigenvalue weighted by atomic mass is 10.1. The Balaban J connectivity index is 3.02. The number of rotatable bonds is 3. The highest BCUT2D eigenvalue weighted by Gasteiger charge is 2.34. The van der Waals surface area contributed by atoms with Crippen LogP contribution in [0, 0.1) is 5.82 Å². The highest BCUT2D eigenvalue weighted by molar-refractivity contribution is 9.10. The van der Waals surface area contributed by atoms with E-state index in [4.69, 9.17) is 0 Å². The molecule has 1 amide bonds. The molecule has 2 nitrogen and oxygen atoms in total. The van der Waals surface area contributed by atoms with E-state index >= 15 is 0 Å². The van der Waals surface area contributed by atoms with E-state index in [2.05, 4.69) is 15.9 Å². The van der Waals surface area contributed by atoms with Crippen molar-refractivity contribution in [3.63, 3.8) is 0 Å². The van der Waals surface area contributed by atoms with Crippen molar-refractivity contribution < 1.29 is 22.4 Å². The number of alkyl halides is 3. The van der Waals surface area contributed by atoms with E-state index in [0.717, 1.165) is 12.1 Å². The highest BCUT2D eigenvalue weighted by atomic mass is 79.9. The molecule has 0 N–H and O–H groups in total. The molecule has 0 saturated carbocycles. The first kappa shape index (κ1) is 15.9. The zero-order valence-corrected chi connectivity index (χ0v) is 11.8. The Hall–Kier alpha value is -1.11. The molecule has 0 heterocycles. The molecule has 0 aliphatic carbocycles. The van der Waals surface area contributed by atoms with Crippen LogP contribution < -0.4 is 0 Å². The Morgan fingerprint density at radius 2 is 1.95 bits per heavy atom. The molecule has 0 spiro atoms. The molecule has 0 aromatic heterocycles. The predicted molar refractivity (Wildman–Crippen MR) is 66.3 cm³/mol. The van der Waals surface area contributed by atoms with Crippen LogP contribution in [0.1, 0.15) is 24.2 Å². The van der Waals surface area contributed by atoms with Crippen molar-refractivity contribution in [1.29, 1.82) is 0 Å². The van der Waals surface area contributed by atoms with E-state index in [1.807, 2.05) is 0 Å². The fraction of sp³-hybridized carbons (Fsp3) is 0.417. The van der Waals surface area contributed by atoms with E-state index < -0.39 is 30.5 Å². The minimum atomic E-state index is -4.48. The Kier molecular flexibility index (Phi) is 4.95. The summed E-state index contributed by atoms with van der Waals surface area (Å²) >= 11 is 2.89. The van der Waals surface area contributed by atoms with Crippen LogP contribution in [0.25, 0.3) is 0 Å². The Bertz CT molecular complexity index is 473. The predicted octanol–water partition coefficient (Wildman–Crippen LogP) is 4.00. The molecule has 106 valence electrons. The lowest BCUT2D eigenvalue weighted by molar-refractivity contribution is -0.143. The summed E-state index contributed by atoms with van der Waals surface area (Å²) in [6.07, 6.45) is -4.48. The van der Waals surface area contributed by atoms with Gasteiger partial charge in [-0.25, -0.2) is 4.39 Å². The van der Waals surface area contributed by atoms with Gasteiger partial charge in [0.1, 0.15) is 12.4 Å². The van der Waals surface area contributed by atoms with Crippen molar-refractivity contribution in [3.05, 3.63) is 34.1 Å². The lowest BCUT2D eigenvalue weighted by Gasteiger charge is -2.27. The topological polar surface area (TPSA) is 20.3 Å². The summed E-state index contributed by atoms with van der Waals surface area (Å²) in [4.78, 5) is 12.7. The van der Waals surface area contributed by atoms with Gasteiger partial charge in [-0.05, 0) is 48.0 Å². The fourth-order valence-corrected chi connectivity index (χ4v) is 1.86. The number of benzene rings is 1. The minimum absolute atomic E-state index is 0.00576. The molecule has 1 aromatic rings. The van der Waals surface area contributed by atoms with Gasteiger partial charge in [-0.2, -0.15) is 13.2 Å². The van der Waals surface area contributed by atoms with Crippen molar-refractivity contribution in [2.75, 3.05) is 6.54 Å². The van der Waals surface area contributed by atoms with Crippen LogP contribution in [-0.2, 0) is 0 Å². The maximum atomic E-state index is 13.0. The van der Waals surface area contributed by atoms with Crippen LogP contribution in [0.3, 0.4) is 0 Å². The number of halogens is 5. The van der Waals surface area contributed by atoms with Gasteiger partial charge in [0.25, 0.3) is 5.91 Å². The molecular formula is C12H12BrF4NO. The third-order valence-electron chi connectivity index (χ3n) is 2.40. The summed E-state index contributed by atoms with van der Waals surface area (Å²) in [6, 6.07) is 2.75. The van der Waals surface area contributed by atoms with Crippen LogP contribution in [-0.4, -0.2) is 29.6 Å². The molecule has 7 heteroatoms. The van der Waals surface area contributed by atoms with E-state index in [9.17, 15) is 22.4 Å². The molecule has 0 aliphatic rings. The zero-order valence-electron chi connectivity index (χ0n) is 10.3. The second kappa shape index (κ2) is 5.90. The SMILES string of the molecule is CC(C)N(CC(F)(F)F)C(=O)c1ccc(F)c(Br)c1. The van der Waals surface area contributed by atoms with Gasteiger partial charge in [0.2, 0.25) is 0 Å². The van der Waals surface area contributed by atoms with E-state index in [0.29, 0.717) is 4.90 Å². The molecule has 0 saturated heterocycles. The van der Waals surface area contributed by atoms with Gasteiger partial charge in [0.15, 0.2) is 0 Å². The van der Waals surface area contributed by atoms with E-state index in [1.54, 1.807) is 0 Å². The maximum Gasteiger partial charge on any atom is 0.406 e. The molecule has 0 aliphatic heterocycles. The summed E-state index contributed by atoms with van der Waals surface area (Å²) in [5.41, 5.74) is 0.00576. The van der Waals surface area contributed by atoms with Crippen molar-refractivity contribution in [1.82, 2.24) is 4.90 Å². The molecule has 1 aromatic carbocycles. The molecule has 19 heavy (non-hydrogen) atoms. The molecule has 0 unspecified atom stereocenters. The fourth-order valence-electron chi connectivity index (χ4n) is 1.48. The lowest BCUT2D eigenvalue weighted by Crippen LogP contribution is -2.43. The van der Waals surface area contributed by atoms with Crippen LogP contribution in [0.5, 0.6) is 0 Å². The zero-order chi connectivity index (χ0) is 14.8. The minimum Gasteiger partial charge on any atom is -0.327 e. The van der Waals surface area contributed by atoms with Gasteiger partial charge in [0, 0.05) is 11.6 Å². The van der Waals surface area contributed by atoms with Crippen molar-refractivity contribution in [2.45, 2.75) is 26.1 Å². The molecule has 0 bridgehead atoms. The summed E-state index contributed by atoms with van der Waals surface area (Å²) in [6.45, 7) is 1.64. The number of carbonyl (C=O) groups excluding carboxylic acids is 1. The number of amides is 1. The normalized spacial score (nSPS) is 11.8. The second-order valence-electron chi connectivity index (χ2n) is 4.27. The van der Waals surface area contributed by atoms with Gasteiger partial charge in [-0.15, -0.1) is 0 Å². The summed E-state index contributed by atoms with van der Waals surface area (Å²) in [7, 11) is 0. The first-order valence-electron chi connectivity index (χ1n) is 5.44. The number of carbonyl (C=O) groups is 1. The smallest absolute Gasteiger partial charge is 0.327 e. The Morgan fingerprint density at radius 3 is 2.37 bits per heavy atom. The number of hydrogen-bond donors (Lipinski definition) is 0. The first-order chi connectivity index (χ1) is 8.61. The standard InChI is InChI=1S/C12H12BrF4NO/c1-7(2)18(6-12(15,16)17)11(19)8-3-4-10(14)9(13)5-8/h3-5,7H,6H2,1-2H3. The highest BCUT2D eigenvalue weighted by Crippen LogP contribution is 2.22. The van der Waals surface area contributed by atoms with Gasteiger partial charge >= 0.3 is 6.18 Å². The molecular weight excluding hydrogens is 330 g/mol. The Morgan fingerprint density at radius 1 is 1.37 bits per heavy atom. The van der Waals surface area contributed by atoms with Crippen molar-refractivity contribution in [3.8, 4) is 0 Å². The van der Waals surface area contributed by atoms with E-state index in [1.165, 1.54) is 19.9 Å². The molecule has 1 rings (SSSR count). The van der Waals surface area contributed by atoms with Crippen molar-refractivity contribution in [2.24, 2.45) is 0 Å². The second-order valence-corrected chi connectivity index (χ2v) is 5.13. The molecule has 0 atom stereocenters. The van der Waals surface area contributed by atoms with Crippen LogP contribution in [0.4, 0.5) is 17.6 Å². The first-order valence-corrected chi connectivity index (χ1v) is 6.24. The van der Waals surface area contributed by atoms with Crippen molar-refractivity contribution >= 4 is 21.8 Å². The number of hydrogen-bond acceptors (Lipinski definition) is 1. The quantitative estimate of drug-likeness (QED) is 0.761. The summed E-state index contributed by atoms with van der Waals surface area (Å²) in [5, 5.41) is 0. The monoisotopic (exact) mass is 341 g/mol. The van der Waals surface area contributed by atoms with Gasteiger partial charge in [-0.1, -0.05) is 0 Å². The number of nitrogens with zero attached hydrogens (tertiary/aromatic N) is 1. The van der Waals surface area contributed by atoms with E-state index in [-0.39, 0.29) is 10.0 Å². The molecule has 0 fully saturated rings. The van der Waals surface area contributed by atoms with Crippen LogP contribution in [0.15, 0.2) is 22.7 Å². The average Bonchev–Trinajstić information content (AvgIpc) is 2.27. The largest absolute Gasteiger partial charge is 0.406 e. The average molecular weight is 342 g/mol. The van der Waals surface area contributed by atoms with Crippen LogP contribution in [0.2, 0.25) is 0 Å².